The van der Waals surface area contributed by atoms with E-state index in [0.29, 0.717) is 25.7 Å². The van der Waals surface area contributed by atoms with E-state index in [1.165, 1.54) is 180 Å². The van der Waals surface area contributed by atoms with E-state index < -0.39 is 67.3 Å². The van der Waals surface area contributed by atoms with E-state index in [0.717, 1.165) is 70.6 Å². The summed E-state index contributed by atoms with van der Waals surface area (Å²) in [6, 6.07) is 0. The quantitative estimate of drug-likeness (QED) is 0.0228. The maximum Gasteiger partial charge on any atom is 0.335 e. The van der Waals surface area contributed by atoms with Crippen molar-refractivity contribution in [1.29, 1.82) is 0 Å². The van der Waals surface area contributed by atoms with Crippen molar-refractivity contribution < 1.29 is 58.2 Å². The summed E-state index contributed by atoms with van der Waals surface area (Å²) in [6.07, 6.45) is 65.8. The SMILES string of the molecule is CC/C=C\C/C=C\C/C=C\C/C=C\C/C=C\CCCC(=O)OC1C(OCC(COC(=O)CCCCCCCCCCC/C=C\CCCCCCCC)OC(=O)CCCCCCCCCCCCCCCCCCCCC)OC(C(=O)O)C(O)C1O. The van der Waals surface area contributed by atoms with E-state index in [1.807, 2.05) is 12.2 Å². The van der Waals surface area contributed by atoms with Gasteiger partial charge < -0.3 is 39.0 Å². The second-order valence-electron chi connectivity index (χ2n) is 23.8. The summed E-state index contributed by atoms with van der Waals surface area (Å²) >= 11 is 0. The Hall–Kier alpha value is -3.84. The topological polar surface area (TPSA) is 175 Å². The van der Waals surface area contributed by atoms with Gasteiger partial charge in [-0.05, 0) is 83.5 Å². The molecule has 1 rings (SSSR count). The number of hydrogen-bond acceptors (Lipinski definition) is 11. The first-order valence-corrected chi connectivity index (χ1v) is 34.9. The van der Waals surface area contributed by atoms with Crippen molar-refractivity contribution in [2.24, 2.45) is 0 Å². The third-order valence-corrected chi connectivity index (χ3v) is 15.8. The number of rotatable bonds is 60. The maximum atomic E-state index is 13.2. The third kappa shape index (κ3) is 49.8. The standard InChI is InChI=1S/C73H126O12/c1-4-7-10-13-16-19-22-25-28-31-33-36-38-41-44-47-50-53-56-59-65(74)81-62-64(83-66(75)60-57-54-51-48-45-42-40-37-34-32-29-26-23-20-17-14-11-8-5-2)63-82-73-71(69(78)68(77)70(85-73)72(79)80)84-67(76)61-58-55-52-49-46-43-39-35-30-27-24-21-18-15-12-9-6-3/h9,12,18,21,25,27-28,30,39,43,49,52,64,68-71,73,77-78H,4-8,10-11,13-17,19-20,22-24,26,29,31-38,40-42,44-48,50-51,53-63H2,1-3H3,(H,79,80)/b12-9-,21-18-,28-25-,30-27-,43-39-,52-49-. The van der Waals surface area contributed by atoms with Crippen LogP contribution in [0.2, 0.25) is 0 Å². The minimum Gasteiger partial charge on any atom is -0.479 e. The van der Waals surface area contributed by atoms with Gasteiger partial charge in [0.25, 0.3) is 0 Å². The van der Waals surface area contributed by atoms with Crippen LogP contribution in [0.5, 0.6) is 0 Å². The van der Waals surface area contributed by atoms with E-state index in [9.17, 15) is 34.5 Å². The lowest BCUT2D eigenvalue weighted by Crippen LogP contribution is -2.61. The number of allylic oxidation sites excluding steroid dienone is 12. The highest BCUT2D eigenvalue weighted by Crippen LogP contribution is 2.27. The molecule has 0 bridgehead atoms. The Bertz CT molecular complexity index is 1750. The van der Waals surface area contributed by atoms with Gasteiger partial charge >= 0.3 is 23.9 Å². The van der Waals surface area contributed by atoms with Crippen LogP contribution in [0, 0.1) is 0 Å². The molecule has 490 valence electrons. The van der Waals surface area contributed by atoms with Gasteiger partial charge in [0, 0.05) is 19.3 Å². The molecule has 0 radical (unpaired) electrons. The van der Waals surface area contributed by atoms with Gasteiger partial charge in [-0.3, -0.25) is 14.4 Å². The summed E-state index contributed by atoms with van der Waals surface area (Å²) in [5, 5.41) is 31.6. The molecule has 12 nitrogen and oxygen atoms in total. The molecule has 12 heteroatoms. The molecule has 0 aromatic rings. The molecule has 1 aliphatic rings. The Morgan fingerprint density at radius 2 is 0.753 bits per heavy atom. The Morgan fingerprint density at radius 3 is 1.18 bits per heavy atom. The highest BCUT2D eigenvalue weighted by molar-refractivity contribution is 5.74. The number of carbonyl (C=O) groups is 4. The van der Waals surface area contributed by atoms with Gasteiger partial charge in [-0.2, -0.15) is 0 Å². The lowest BCUT2D eigenvalue weighted by atomic mass is 9.98. The van der Waals surface area contributed by atoms with E-state index in [1.54, 1.807) is 0 Å². The first-order valence-electron chi connectivity index (χ1n) is 34.9. The zero-order chi connectivity index (χ0) is 61.7. The number of aliphatic carboxylic acids is 1. The maximum absolute atomic E-state index is 13.2. The van der Waals surface area contributed by atoms with Crippen LogP contribution in [0.15, 0.2) is 72.9 Å². The fourth-order valence-electron chi connectivity index (χ4n) is 10.5. The van der Waals surface area contributed by atoms with Crippen LogP contribution in [0.3, 0.4) is 0 Å². The average molecular weight is 1200 g/mol. The molecule has 1 fully saturated rings. The van der Waals surface area contributed by atoms with Crippen LogP contribution in [0.1, 0.15) is 316 Å². The van der Waals surface area contributed by atoms with Crippen molar-refractivity contribution in [3.63, 3.8) is 0 Å². The second-order valence-corrected chi connectivity index (χ2v) is 23.8. The molecule has 0 saturated carbocycles. The lowest BCUT2D eigenvalue weighted by Gasteiger charge is -2.40. The number of carbonyl (C=O) groups excluding carboxylic acids is 3. The van der Waals surface area contributed by atoms with E-state index in [4.69, 9.17) is 23.7 Å². The van der Waals surface area contributed by atoms with Crippen molar-refractivity contribution >= 4 is 23.9 Å². The predicted molar refractivity (Wildman–Crippen MR) is 349 cm³/mol. The van der Waals surface area contributed by atoms with Crippen molar-refractivity contribution in [3.05, 3.63) is 72.9 Å². The van der Waals surface area contributed by atoms with Crippen molar-refractivity contribution in [2.45, 2.75) is 353 Å². The summed E-state index contributed by atoms with van der Waals surface area (Å²) < 4.78 is 28.6. The van der Waals surface area contributed by atoms with Crippen molar-refractivity contribution in [1.82, 2.24) is 0 Å². The molecule has 1 aliphatic heterocycles. The molecular weight excluding hydrogens is 1070 g/mol. The molecular formula is C73H126O12. The van der Waals surface area contributed by atoms with E-state index in [2.05, 4.69) is 81.5 Å². The summed E-state index contributed by atoms with van der Waals surface area (Å²) in [6.45, 7) is 5.91. The number of hydrogen-bond donors (Lipinski definition) is 3. The number of ether oxygens (including phenoxy) is 5. The van der Waals surface area contributed by atoms with Gasteiger partial charge in [0.05, 0.1) is 6.61 Å². The summed E-state index contributed by atoms with van der Waals surface area (Å²) in [4.78, 5) is 51.4. The van der Waals surface area contributed by atoms with Gasteiger partial charge in [0.15, 0.2) is 24.6 Å². The number of unbranched alkanes of at least 4 members (excludes halogenated alkanes) is 34. The molecule has 0 amide bonds. The first-order chi connectivity index (χ1) is 41.6. The molecule has 0 spiro atoms. The minimum atomic E-state index is -1.92. The number of carboxylic acid groups (broad SMARTS) is 1. The number of aliphatic hydroxyl groups is 2. The van der Waals surface area contributed by atoms with Crippen molar-refractivity contribution in [3.8, 4) is 0 Å². The summed E-state index contributed by atoms with van der Waals surface area (Å²) in [5.74, 6) is -3.17. The number of esters is 3. The number of aliphatic hydroxyl groups excluding tert-OH is 2. The van der Waals surface area contributed by atoms with Gasteiger partial charge in [-0.25, -0.2) is 4.79 Å². The predicted octanol–water partition coefficient (Wildman–Crippen LogP) is 19.2. The van der Waals surface area contributed by atoms with Crippen LogP contribution in [-0.4, -0.2) is 89.2 Å². The first kappa shape index (κ1) is 79.2. The molecule has 6 unspecified atom stereocenters. The zero-order valence-electron chi connectivity index (χ0n) is 54.3. The molecule has 0 aromatic carbocycles. The van der Waals surface area contributed by atoms with E-state index >= 15 is 0 Å². The van der Waals surface area contributed by atoms with Gasteiger partial charge in [-0.15, -0.1) is 0 Å². The summed E-state index contributed by atoms with van der Waals surface area (Å²) in [7, 11) is 0. The average Bonchev–Trinajstić information content (AvgIpc) is 2.83. The van der Waals surface area contributed by atoms with Crippen LogP contribution in [-0.2, 0) is 42.9 Å². The number of carboxylic acids is 1. The van der Waals surface area contributed by atoms with Crippen LogP contribution in [0.4, 0.5) is 0 Å². The highest BCUT2D eigenvalue weighted by Gasteiger charge is 2.50. The fraction of sp³-hybridized carbons (Fsp3) is 0.781. The second kappa shape index (κ2) is 60.4. The van der Waals surface area contributed by atoms with Gasteiger partial charge in [0.1, 0.15) is 18.8 Å². The lowest BCUT2D eigenvalue weighted by molar-refractivity contribution is -0.301. The molecule has 85 heavy (non-hydrogen) atoms. The van der Waals surface area contributed by atoms with Gasteiger partial charge in [0.2, 0.25) is 0 Å². The van der Waals surface area contributed by atoms with Gasteiger partial charge in [-0.1, -0.05) is 286 Å². The van der Waals surface area contributed by atoms with Crippen molar-refractivity contribution in [2.75, 3.05) is 13.2 Å². The molecule has 1 heterocycles. The molecule has 3 N–H and O–H groups in total. The molecule has 0 aromatic heterocycles. The Labute approximate surface area is 518 Å². The smallest absolute Gasteiger partial charge is 0.335 e. The van der Waals surface area contributed by atoms with Crippen LogP contribution < -0.4 is 0 Å². The molecule has 0 aliphatic carbocycles. The normalized spacial score (nSPS) is 17.9. The van der Waals surface area contributed by atoms with Crippen LogP contribution in [0.25, 0.3) is 0 Å². The monoisotopic (exact) mass is 1190 g/mol. The Morgan fingerprint density at radius 1 is 0.400 bits per heavy atom. The fourth-order valence-corrected chi connectivity index (χ4v) is 10.5. The Balaban J connectivity index is 2.66. The minimum absolute atomic E-state index is 0.0178. The van der Waals surface area contributed by atoms with Crippen LogP contribution >= 0.6 is 0 Å². The van der Waals surface area contributed by atoms with E-state index in [-0.39, 0.29) is 25.9 Å². The largest absolute Gasteiger partial charge is 0.479 e. The zero-order valence-corrected chi connectivity index (χ0v) is 54.3. The molecule has 1 saturated heterocycles. The third-order valence-electron chi connectivity index (χ3n) is 15.8. The highest BCUT2D eigenvalue weighted by atomic mass is 16.7. The summed E-state index contributed by atoms with van der Waals surface area (Å²) in [5.41, 5.74) is 0. The Kier molecular flexibility index (Phi) is 56.3. The molecule has 6 atom stereocenters.